The number of amides is 3. The number of carbonyl (C=O) groups is 2. The Hall–Kier alpha value is -3.06. The SMILES string of the molecule is Cc1ccc(NC(=O)C(C)C)cc1NC(=O)NCC(O)COc1ccccc1. The topological polar surface area (TPSA) is 99.7 Å². The van der Waals surface area contributed by atoms with Crippen LogP contribution in [0.2, 0.25) is 0 Å². The van der Waals surface area contributed by atoms with Crippen LogP contribution in [0.3, 0.4) is 0 Å². The van der Waals surface area contributed by atoms with E-state index in [4.69, 9.17) is 4.74 Å². The molecule has 0 aliphatic heterocycles. The van der Waals surface area contributed by atoms with Crippen molar-refractivity contribution in [1.82, 2.24) is 5.32 Å². The summed E-state index contributed by atoms with van der Waals surface area (Å²) in [4.78, 5) is 23.9. The number of nitrogens with one attached hydrogen (secondary N) is 3. The second kappa shape index (κ2) is 10.3. The van der Waals surface area contributed by atoms with Crippen LogP contribution in [0.4, 0.5) is 16.2 Å². The highest BCUT2D eigenvalue weighted by molar-refractivity contribution is 5.94. The molecule has 2 rings (SSSR count). The van der Waals surface area contributed by atoms with E-state index in [1.165, 1.54) is 0 Å². The van der Waals surface area contributed by atoms with E-state index in [9.17, 15) is 14.7 Å². The van der Waals surface area contributed by atoms with Gasteiger partial charge < -0.3 is 25.8 Å². The smallest absolute Gasteiger partial charge is 0.319 e. The molecule has 2 aromatic carbocycles. The van der Waals surface area contributed by atoms with Crippen LogP contribution in [0.15, 0.2) is 48.5 Å². The molecule has 7 nitrogen and oxygen atoms in total. The maximum atomic E-state index is 12.1. The fraction of sp³-hybridized carbons (Fsp3) is 0.333. The molecule has 28 heavy (non-hydrogen) atoms. The van der Waals surface area contributed by atoms with E-state index < -0.39 is 12.1 Å². The minimum absolute atomic E-state index is 0.0431. The predicted molar refractivity (Wildman–Crippen MR) is 110 cm³/mol. The highest BCUT2D eigenvalue weighted by Gasteiger charge is 2.11. The third kappa shape index (κ3) is 6.92. The van der Waals surface area contributed by atoms with Crippen molar-refractivity contribution >= 4 is 23.3 Å². The Kier molecular flexibility index (Phi) is 7.83. The summed E-state index contributed by atoms with van der Waals surface area (Å²) in [6, 6.07) is 14.0. The van der Waals surface area contributed by atoms with Crippen molar-refractivity contribution in [3.05, 3.63) is 54.1 Å². The Bertz CT molecular complexity index is 793. The molecule has 0 saturated heterocycles. The molecule has 0 heterocycles. The Balaban J connectivity index is 1.82. The fourth-order valence-electron chi connectivity index (χ4n) is 2.27. The molecular formula is C21H27N3O4. The van der Waals surface area contributed by atoms with Crippen LogP contribution in [-0.2, 0) is 4.79 Å². The van der Waals surface area contributed by atoms with E-state index in [0.29, 0.717) is 17.1 Å². The summed E-state index contributed by atoms with van der Waals surface area (Å²) in [5.74, 6) is 0.420. The van der Waals surface area contributed by atoms with Crippen LogP contribution < -0.4 is 20.7 Å². The standard InChI is InChI=1S/C21H27N3O4/c1-14(2)20(26)23-16-10-9-15(3)19(11-16)24-21(27)22-12-17(25)13-28-18-7-5-4-6-8-18/h4-11,14,17,25H,12-13H2,1-3H3,(H,23,26)(H2,22,24,27). The summed E-state index contributed by atoms with van der Waals surface area (Å²) in [6.07, 6.45) is -0.844. The Morgan fingerprint density at radius 3 is 2.46 bits per heavy atom. The number of anilines is 2. The number of hydrogen-bond donors (Lipinski definition) is 4. The first kappa shape index (κ1) is 21.2. The van der Waals surface area contributed by atoms with Crippen molar-refractivity contribution in [2.24, 2.45) is 5.92 Å². The van der Waals surface area contributed by atoms with Crippen LogP contribution in [0, 0.1) is 12.8 Å². The van der Waals surface area contributed by atoms with Gasteiger partial charge in [0, 0.05) is 23.8 Å². The highest BCUT2D eigenvalue weighted by atomic mass is 16.5. The zero-order valence-corrected chi connectivity index (χ0v) is 16.4. The summed E-state index contributed by atoms with van der Waals surface area (Å²) >= 11 is 0. The average molecular weight is 385 g/mol. The van der Waals surface area contributed by atoms with E-state index >= 15 is 0 Å². The summed E-state index contributed by atoms with van der Waals surface area (Å²) in [7, 11) is 0. The Morgan fingerprint density at radius 2 is 1.79 bits per heavy atom. The van der Waals surface area contributed by atoms with Crippen molar-refractivity contribution in [3.8, 4) is 5.75 Å². The zero-order chi connectivity index (χ0) is 20.5. The molecule has 1 unspecified atom stereocenters. The lowest BCUT2D eigenvalue weighted by Crippen LogP contribution is -2.37. The average Bonchev–Trinajstić information content (AvgIpc) is 2.68. The van der Waals surface area contributed by atoms with Gasteiger partial charge in [0.25, 0.3) is 0 Å². The number of para-hydroxylation sites is 1. The normalized spacial score (nSPS) is 11.6. The lowest BCUT2D eigenvalue weighted by molar-refractivity contribution is -0.118. The molecule has 0 saturated carbocycles. The van der Waals surface area contributed by atoms with Gasteiger partial charge in [0.05, 0.1) is 0 Å². The molecule has 0 fully saturated rings. The first-order valence-corrected chi connectivity index (χ1v) is 9.17. The fourth-order valence-corrected chi connectivity index (χ4v) is 2.27. The molecule has 7 heteroatoms. The minimum atomic E-state index is -0.844. The molecule has 0 aliphatic rings. The van der Waals surface area contributed by atoms with Gasteiger partial charge in [-0.3, -0.25) is 4.79 Å². The first-order valence-electron chi connectivity index (χ1n) is 9.17. The summed E-state index contributed by atoms with van der Waals surface area (Å²) < 4.78 is 5.45. The molecule has 2 aromatic rings. The third-order valence-corrected chi connectivity index (χ3v) is 3.96. The number of ether oxygens (including phenoxy) is 1. The van der Waals surface area contributed by atoms with Crippen molar-refractivity contribution in [3.63, 3.8) is 0 Å². The third-order valence-electron chi connectivity index (χ3n) is 3.96. The number of hydrogen-bond acceptors (Lipinski definition) is 4. The monoisotopic (exact) mass is 385 g/mol. The van der Waals surface area contributed by atoms with Gasteiger partial charge in [0.2, 0.25) is 5.91 Å². The quantitative estimate of drug-likeness (QED) is 0.561. The number of aryl methyl sites for hydroxylation is 1. The highest BCUT2D eigenvalue weighted by Crippen LogP contribution is 2.20. The van der Waals surface area contributed by atoms with Gasteiger partial charge in [0.15, 0.2) is 0 Å². The molecule has 0 radical (unpaired) electrons. The second-order valence-corrected chi connectivity index (χ2v) is 6.79. The Morgan fingerprint density at radius 1 is 1.07 bits per heavy atom. The summed E-state index contributed by atoms with van der Waals surface area (Å²) in [5.41, 5.74) is 2.04. The van der Waals surface area contributed by atoms with Gasteiger partial charge in [-0.15, -0.1) is 0 Å². The van der Waals surface area contributed by atoms with Crippen LogP contribution in [0.1, 0.15) is 19.4 Å². The summed E-state index contributed by atoms with van der Waals surface area (Å²) in [6.45, 7) is 5.58. The van der Waals surface area contributed by atoms with Gasteiger partial charge in [0.1, 0.15) is 18.5 Å². The van der Waals surface area contributed by atoms with Crippen LogP contribution in [0.5, 0.6) is 5.75 Å². The molecule has 0 spiro atoms. The van der Waals surface area contributed by atoms with Gasteiger partial charge in [-0.2, -0.15) is 0 Å². The largest absolute Gasteiger partial charge is 0.491 e. The van der Waals surface area contributed by atoms with Crippen molar-refractivity contribution in [2.45, 2.75) is 26.9 Å². The molecular weight excluding hydrogens is 358 g/mol. The van der Waals surface area contributed by atoms with Crippen LogP contribution in [-0.4, -0.2) is 36.3 Å². The number of rotatable bonds is 8. The van der Waals surface area contributed by atoms with Gasteiger partial charge in [-0.05, 0) is 36.8 Å². The lowest BCUT2D eigenvalue weighted by atomic mass is 10.1. The van der Waals surface area contributed by atoms with Crippen LogP contribution >= 0.6 is 0 Å². The predicted octanol–water partition coefficient (Wildman–Crippen LogP) is 3.15. The molecule has 3 amide bonds. The van der Waals surface area contributed by atoms with Crippen LogP contribution in [0.25, 0.3) is 0 Å². The minimum Gasteiger partial charge on any atom is -0.491 e. The molecule has 0 aromatic heterocycles. The lowest BCUT2D eigenvalue weighted by Gasteiger charge is -2.15. The van der Waals surface area contributed by atoms with Gasteiger partial charge in [-0.1, -0.05) is 38.1 Å². The first-order chi connectivity index (χ1) is 13.3. The van der Waals surface area contributed by atoms with E-state index in [1.54, 1.807) is 24.3 Å². The van der Waals surface area contributed by atoms with E-state index in [0.717, 1.165) is 5.56 Å². The summed E-state index contributed by atoms with van der Waals surface area (Å²) in [5, 5.41) is 18.1. The maximum Gasteiger partial charge on any atom is 0.319 e. The molecule has 0 aliphatic carbocycles. The number of aliphatic hydroxyl groups is 1. The van der Waals surface area contributed by atoms with Crippen molar-refractivity contribution in [2.75, 3.05) is 23.8 Å². The maximum absolute atomic E-state index is 12.1. The molecule has 4 N–H and O–H groups in total. The number of urea groups is 1. The van der Waals surface area contributed by atoms with E-state index in [-0.39, 0.29) is 25.0 Å². The number of benzene rings is 2. The second-order valence-electron chi connectivity index (χ2n) is 6.79. The van der Waals surface area contributed by atoms with Gasteiger partial charge in [-0.25, -0.2) is 4.79 Å². The van der Waals surface area contributed by atoms with E-state index in [1.807, 2.05) is 45.0 Å². The molecule has 0 bridgehead atoms. The van der Waals surface area contributed by atoms with Crippen molar-refractivity contribution in [1.29, 1.82) is 0 Å². The number of aliphatic hydroxyl groups excluding tert-OH is 1. The zero-order valence-electron chi connectivity index (χ0n) is 16.4. The number of carbonyl (C=O) groups excluding carboxylic acids is 2. The molecule has 150 valence electrons. The Labute approximate surface area is 165 Å². The van der Waals surface area contributed by atoms with Crippen molar-refractivity contribution < 1.29 is 19.4 Å². The van der Waals surface area contributed by atoms with Gasteiger partial charge >= 0.3 is 6.03 Å². The van der Waals surface area contributed by atoms with E-state index in [2.05, 4.69) is 16.0 Å². The molecule has 1 atom stereocenters.